The van der Waals surface area contributed by atoms with Crippen LogP contribution in [0.25, 0.3) is 10.9 Å². The number of H-pyrrole nitrogens is 1. The van der Waals surface area contributed by atoms with Crippen LogP contribution in [-0.4, -0.2) is 4.98 Å². The molecule has 32 heavy (non-hydrogen) atoms. The Labute approximate surface area is 187 Å². The first kappa shape index (κ1) is 22.5. The van der Waals surface area contributed by atoms with Gasteiger partial charge in [0, 0.05) is 22.8 Å². The molecule has 0 radical (unpaired) electrons. The number of halogens is 3. The second-order valence-electron chi connectivity index (χ2n) is 9.37. The zero-order valence-corrected chi connectivity index (χ0v) is 18.5. The van der Waals surface area contributed by atoms with Crippen molar-refractivity contribution >= 4 is 16.6 Å². The molecule has 2 saturated carbocycles. The van der Waals surface area contributed by atoms with Gasteiger partial charge in [-0.3, -0.25) is 0 Å². The maximum absolute atomic E-state index is 11.8. The molecule has 2 aromatic carbocycles. The smallest absolute Gasteiger partial charge is 0.359 e. The lowest BCUT2D eigenvalue weighted by Gasteiger charge is -2.34. The Bertz CT molecular complexity index is 1040. The summed E-state index contributed by atoms with van der Waals surface area (Å²) in [5.74, 6) is 2.43. The Morgan fingerprint density at radius 1 is 1.09 bits per heavy atom. The number of aromatic nitrogens is 1. The number of allylic oxidation sites excluding steroid dienone is 1. The van der Waals surface area contributed by atoms with E-state index in [0.29, 0.717) is 5.92 Å². The summed E-state index contributed by atoms with van der Waals surface area (Å²) in [6, 6.07) is 13.2. The average Bonchev–Trinajstić information content (AvgIpc) is 3.11. The molecule has 0 bridgehead atoms. The van der Waals surface area contributed by atoms with Gasteiger partial charge in [0.15, 0.2) is 0 Å². The molecule has 1 heterocycles. The highest BCUT2D eigenvalue weighted by atomic mass is 19.4. The second-order valence-corrected chi connectivity index (χ2v) is 9.37. The van der Waals surface area contributed by atoms with E-state index in [0.717, 1.165) is 24.0 Å². The Kier molecular flexibility index (Phi) is 6.63. The third-order valence-corrected chi connectivity index (χ3v) is 6.76. The molecular formula is C27H31F3N2. The Morgan fingerprint density at radius 3 is 2.38 bits per heavy atom. The lowest BCUT2D eigenvalue weighted by atomic mass is 9.74. The van der Waals surface area contributed by atoms with Crippen molar-refractivity contribution in [1.82, 2.24) is 4.98 Å². The summed E-state index contributed by atoms with van der Waals surface area (Å²) in [6.07, 6.45) is 5.92. The zero-order chi connectivity index (χ0) is 22.7. The maximum atomic E-state index is 11.8. The molecular weight excluding hydrogens is 409 g/mol. The van der Waals surface area contributed by atoms with Crippen molar-refractivity contribution in [1.29, 1.82) is 0 Å². The van der Waals surface area contributed by atoms with Gasteiger partial charge in [-0.1, -0.05) is 69.2 Å². The van der Waals surface area contributed by atoms with Crippen molar-refractivity contribution in [3.8, 4) is 0 Å². The number of aromatic amines is 1. The molecule has 170 valence electrons. The minimum absolute atomic E-state index is 0.602. The fourth-order valence-corrected chi connectivity index (χ4v) is 4.52. The normalized spacial score (nSPS) is 20.6. The van der Waals surface area contributed by atoms with Crippen LogP contribution < -0.4 is 5.32 Å². The Morgan fingerprint density at radius 2 is 1.81 bits per heavy atom. The van der Waals surface area contributed by atoms with Crippen molar-refractivity contribution in [2.24, 2.45) is 17.8 Å². The van der Waals surface area contributed by atoms with Crippen LogP contribution in [0.1, 0.15) is 50.2 Å². The predicted octanol–water partition coefficient (Wildman–Crippen LogP) is 8.19. The molecule has 0 spiro atoms. The number of anilines is 1. The van der Waals surface area contributed by atoms with Gasteiger partial charge in [0.1, 0.15) is 0 Å². The molecule has 0 amide bonds. The summed E-state index contributed by atoms with van der Waals surface area (Å²) in [7, 11) is 0. The van der Waals surface area contributed by atoms with E-state index < -0.39 is 11.7 Å². The molecule has 0 aliphatic heterocycles. The number of fused-ring (bicyclic) bond motifs is 1. The number of nitrogens with one attached hydrogen (secondary N) is 2. The Hall–Kier alpha value is -2.69. The molecule has 2 aliphatic rings. The van der Waals surface area contributed by atoms with Gasteiger partial charge in [0.05, 0.1) is 11.3 Å². The maximum Gasteiger partial charge on any atom is 0.416 e. The standard InChI is InChI=1S/C20H26N2.C7H5F3/c1-13-8-17(9-13)14(2)22-20-12-21-19-7-6-16(11-18(19)20)10-15-4-3-5-15;8-7(9,10)6-4-2-1-3-5-6/h6-7,11-13,15,17,21-22H,2-5,8-10H2,1H3;1-5H. The molecule has 1 aromatic heterocycles. The predicted molar refractivity (Wildman–Crippen MR) is 125 cm³/mol. The Balaban J connectivity index is 0.000000207. The summed E-state index contributed by atoms with van der Waals surface area (Å²) in [5, 5.41) is 4.88. The minimum atomic E-state index is -4.21. The van der Waals surface area contributed by atoms with E-state index in [2.05, 4.69) is 48.2 Å². The average molecular weight is 441 g/mol. The monoisotopic (exact) mass is 440 g/mol. The van der Waals surface area contributed by atoms with Crippen LogP contribution in [0.15, 0.2) is 67.0 Å². The fraction of sp³-hybridized carbons (Fsp3) is 0.407. The molecule has 2 aliphatic carbocycles. The molecule has 5 rings (SSSR count). The van der Waals surface area contributed by atoms with Crippen molar-refractivity contribution < 1.29 is 13.2 Å². The second kappa shape index (κ2) is 9.43. The minimum Gasteiger partial charge on any atom is -0.359 e. The van der Waals surface area contributed by atoms with E-state index in [1.807, 2.05) is 0 Å². The highest BCUT2D eigenvalue weighted by Gasteiger charge is 2.29. The molecule has 0 atom stereocenters. The van der Waals surface area contributed by atoms with Crippen molar-refractivity contribution in [3.63, 3.8) is 0 Å². The first-order valence-corrected chi connectivity index (χ1v) is 11.5. The first-order chi connectivity index (χ1) is 15.3. The van der Waals surface area contributed by atoms with Crippen molar-refractivity contribution in [2.45, 2.75) is 51.6 Å². The number of hydrogen-bond acceptors (Lipinski definition) is 1. The number of alkyl halides is 3. The van der Waals surface area contributed by atoms with E-state index in [9.17, 15) is 13.2 Å². The van der Waals surface area contributed by atoms with E-state index in [1.165, 1.54) is 78.5 Å². The van der Waals surface area contributed by atoms with Gasteiger partial charge < -0.3 is 10.3 Å². The lowest BCUT2D eigenvalue weighted by molar-refractivity contribution is -0.137. The molecule has 3 aromatic rings. The summed E-state index contributed by atoms with van der Waals surface area (Å²) in [6.45, 7) is 6.58. The summed E-state index contributed by atoms with van der Waals surface area (Å²) in [5.41, 5.74) is 4.46. The largest absolute Gasteiger partial charge is 0.416 e. The van der Waals surface area contributed by atoms with Crippen LogP contribution in [-0.2, 0) is 12.6 Å². The molecule has 0 saturated heterocycles. The quantitative estimate of drug-likeness (QED) is 0.411. The molecule has 2 fully saturated rings. The fourth-order valence-electron chi connectivity index (χ4n) is 4.52. The molecule has 2 N–H and O–H groups in total. The SMILES string of the molecule is C=C(Nc1c[nH]c2ccc(CC3CCC3)cc12)C1CC(C)C1.FC(F)(F)c1ccccc1. The number of rotatable bonds is 5. The van der Waals surface area contributed by atoms with Crippen LogP contribution in [0.5, 0.6) is 0 Å². The highest BCUT2D eigenvalue weighted by Crippen LogP contribution is 2.39. The third-order valence-electron chi connectivity index (χ3n) is 6.76. The summed E-state index contributed by atoms with van der Waals surface area (Å²) >= 11 is 0. The van der Waals surface area contributed by atoms with Crippen LogP contribution in [0.3, 0.4) is 0 Å². The van der Waals surface area contributed by atoms with Gasteiger partial charge in [-0.05, 0) is 54.7 Å². The third kappa shape index (κ3) is 5.37. The van der Waals surface area contributed by atoms with E-state index in [-0.39, 0.29) is 0 Å². The van der Waals surface area contributed by atoms with Gasteiger partial charge >= 0.3 is 6.18 Å². The van der Waals surface area contributed by atoms with Crippen molar-refractivity contribution in [3.05, 3.63) is 78.1 Å². The number of hydrogen-bond donors (Lipinski definition) is 2. The van der Waals surface area contributed by atoms with Gasteiger partial charge in [0.2, 0.25) is 0 Å². The van der Waals surface area contributed by atoms with Gasteiger partial charge in [-0.2, -0.15) is 13.2 Å². The van der Waals surface area contributed by atoms with Crippen molar-refractivity contribution in [2.75, 3.05) is 5.32 Å². The number of benzene rings is 2. The molecule has 2 nitrogen and oxygen atoms in total. The van der Waals surface area contributed by atoms with E-state index in [1.54, 1.807) is 6.07 Å². The molecule has 5 heteroatoms. The first-order valence-electron chi connectivity index (χ1n) is 11.5. The topological polar surface area (TPSA) is 27.8 Å². The summed E-state index contributed by atoms with van der Waals surface area (Å²) < 4.78 is 35.4. The van der Waals surface area contributed by atoms with E-state index >= 15 is 0 Å². The molecule has 0 unspecified atom stereocenters. The highest BCUT2D eigenvalue weighted by molar-refractivity contribution is 5.93. The zero-order valence-electron chi connectivity index (χ0n) is 18.5. The summed E-state index contributed by atoms with van der Waals surface area (Å²) in [4.78, 5) is 3.38. The van der Waals surface area contributed by atoms with Crippen LogP contribution in [0.2, 0.25) is 0 Å². The van der Waals surface area contributed by atoms with Gasteiger partial charge in [-0.15, -0.1) is 0 Å². The van der Waals surface area contributed by atoms with Crippen LogP contribution >= 0.6 is 0 Å². The van der Waals surface area contributed by atoms with E-state index in [4.69, 9.17) is 0 Å². The van der Waals surface area contributed by atoms with Crippen LogP contribution in [0, 0.1) is 17.8 Å². The van der Waals surface area contributed by atoms with Crippen LogP contribution in [0.4, 0.5) is 18.9 Å². The lowest BCUT2D eigenvalue weighted by Crippen LogP contribution is -2.25. The van der Waals surface area contributed by atoms with Gasteiger partial charge in [0.25, 0.3) is 0 Å². The van der Waals surface area contributed by atoms with Gasteiger partial charge in [-0.25, -0.2) is 0 Å².